The molecule has 0 unspecified atom stereocenters. The third kappa shape index (κ3) is 4.12. The molecule has 0 spiro atoms. The lowest BCUT2D eigenvalue weighted by Crippen LogP contribution is -2.37. The Balaban J connectivity index is 1.96. The molecule has 0 aromatic rings. The smallest absolute Gasteiger partial charge is 0.314 e. The van der Waals surface area contributed by atoms with Crippen LogP contribution >= 0.6 is 0 Å². The van der Waals surface area contributed by atoms with Crippen molar-refractivity contribution in [3.05, 3.63) is 0 Å². The first-order valence-corrected chi connectivity index (χ1v) is 5.08. The van der Waals surface area contributed by atoms with Gasteiger partial charge >= 0.3 is 6.03 Å². The number of hydrogen-bond donors (Lipinski definition) is 3. The van der Waals surface area contributed by atoms with E-state index >= 15 is 0 Å². The maximum absolute atomic E-state index is 11.0. The highest BCUT2D eigenvalue weighted by Crippen LogP contribution is 2.07. The molecule has 1 aliphatic rings. The van der Waals surface area contributed by atoms with Crippen LogP contribution in [0.3, 0.4) is 0 Å². The van der Waals surface area contributed by atoms with Crippen molar-refractivity contribution in [1.29, 1.82) is 0 Å². The van der Waals surface area contributed by atoms with E-state index < -0.39 is 0 Å². The van der Waals surface area contributed by atoms with Crippen molar-refractivity contribution in [2.75, 3.05) is 19.6 Å². The third-order valence-electron chi connectivity index (χ3n) is 2.28. The Bertz CT molecular complexity index is 155. The molecule has 13 heavy (non-hydrogen) atoms. The predicted molar refractivity (Wildman–Crippen MR) is 52.7 cm³/mol. The van der Waals surface area contributed by atoms with Gasteiger partial charge in [-0.05, 0) is 32.7 Å². The molecule has 0 saturated carbocycles. The number of carbonyl (C=O) groups excluding carboxylic acids is 1. The van der Waals surface area contributed by atoms with E-state index in [-0.39, 0.29) is 6.03 Å². The summed E-state index contributed by atoms with van der Waals surface area (Å²) in [6, 6.07) is 0.558. The second-order valence-electron chi connectivity index (χ2n) is 3.37. The number of hydrogen-bond acceptors (Lipinski definition) is 2. The molecular formula is C9H19N3O. The Kier molecular flexibility index (Phi) is 4.60. The van der Waals surface area contributed by atoms with Gasteiger partial charge in [0.05, 0.1) is 0 Å². The first-order chi connectivity index (χ1) is 6.33. The molecule has 1 heterocycles. The summed E-state index contributed by atoms with van der Waals surface area (Å²) in [6.07, 6.45) is 3.56. The Labute approximate surface area is 79.5 Å². The number of nitrogens with one attached hydrogen (secondary N) is 3. The molecule has 1 aliphatic heterocycles. The summed E-state index contributed by atoms with van der Waals surface area (Å²) in [7, 11) is 0. The summed E-state index contributed by atoms with van der Waals surface area (Å²) in [5.74, 6) is 0. The second kappa shape index (κ2) is 5.80. The van der Waals surface area contributed by atoms with Crippen LogP contribution in [0, 0.1) is 0 Å². The largest absolute Gasteiger partial charge is 0.338 e. The highest BCUT2D eigenvalue weighted by molar-refractivity contribution is 5.73. The molecule has 0 aromatic carbocycles. The molecule has 0 aliphatic carbocycles. The van der Waals surface area contributed by atoms with Gasteiger partial charge in [0.2, 0.25) is 0 Å². The summed E-state index contributed by atoms with van der Waals surface area (Å²) < 4.78 is 0. The van der Waals surface area contributed by atoms with E-state index in [2.05, 4.69) is 16.0 Å². The van der Waals surface area contributed by atoms with Gasteiger partial charge in [-0.25, -0.2) is 4.79 Å². The van der Waals surface area contributed by atoms with Gasteiger partial charge in [-0.15, -0.1) is 0 Å². The van der Waals surface area contributed by atoms with Crippen LogP contribution in [-0.2, 0) is 0 Å². The summed E-state index contributed by atoms with van der Waals surface area (Å²) in [6.45, 7) is 4.50. The monoisotopic (exact) mass is 185 g/mol. The van der Waals surface area contributed by atoms with Crippen LogP contribution in [0.25, 0.3) is 0 Å². The van der Waals surface area contributed by atoms with Gasteiger partial charge in [0.15, 0.2) is 0 Å². The van der Waals surface area contributed by atoms with E-state index in [1.807, 2.05) is 6.92 Å². The van der Waals surface area contributed by atoms with Gasteiger partial charge in [-0.2, -0.15) is 0 Å². The highest BCUT2D eigenvalue weighted by Gasteiger charge is 2.13. The highest BCUT2D eigenvalue weighted by atomic mass is 16.2. The fourth-order valence-corrected chi connectivity index (χ4v) is 1.59. The Morgan fingerprint density at radius 2 is 2.38 bits per heavy atom. The maximum Gasteiger partial charge on any atom is 0.314 e. The van der Waals surface area contributed by atoms with Crippen molar-refractivity contribution < 1.29 is 4.79 Å². The van der Waals surface area contributed by atoms with Crippen molar-refractivity contribution in [3.8, 4) is 0 Å². The molecule has 1 atom stereocenters. The standard InChI is InChI=1S/C9H19N3O/c1-2-10-9(13)12-7-5-8-4-3-6-11-8/h8,11H,2-7H2,1H3,(H2,10,12,13)/t8-/m1/s1. The fraction of sp³-hybridized carbons (Fsp3) is 0.889. The van der Waals surface area contributed by atoms with E-state index in [1.54, 1.807) is 0 Å². The third-order valence-corrected chi connectivity index (χ3v) is 2.28. The summed E-state index contributed by atoms with van der Waals surface area (Å²) in [5.41, 5.74) is 0. The van der Waals surface area contributed by atoms with Gasteiger partial charge < -0.3 is 16.0 Å². The Hall–Kier alpha value is -0.770. The van der Waals surface area contributed by atoms with E-state index in [0.717, 1.165) is 19.5 Å². The van der Waals surface area contributed by atoms with Crippen molar-refractivity contribution in [1.82, 2.24) is 16.0 Å². The molecule has 1 fully saturated rings. The average molecular weight is 185 g/mol. The van der Waals surface area contributed by atoms with E-state index in [1.165, 1.54) is 12.8 Å². The molecule has 0 aromatic heterocycles. The van der Waals surface area contributed by atoms with E-state index in [0.29, 0.717) is 12.6 Å². The van der Waals surface area contributed by atoms with Gasteiger partial charge in [0.25, 0.3) is 0 Å². The minimum absolute atomic E-state index is 0.0551. The molecule has 2 amide bonds. The van der Waals surface area contributed by atoms with E-state index in [4.69, 9.17) is 0 Å². The topological polar surface area (TPSA) is 53.2 Å². The number of urea groups is 1. The molecule has 4 heteroatoms. The summed E-state index contributed by atoms with van der Waals surface area (Å²) in [4.78, 5) is 11.0. The van der Waals surface area contributed by atoms with Crippen LogP contribution in [0.15, 0.2) is 0 Å². The first kappa shape index (κ1) is 10.3. The zero-order valence-electron chi connectivity index (χ0n) is 8.23. The minimum atomic E-state index is -0.0551. The molecule has 0 bridgehead atoms. The second-order valence-corrected chi connectivity index (χ2v) is 3.37. The van der Waals surface area contributed by atoms with Crippen LogP contribution in [0.5, 0.6) is 0 Å². The minimum Gasteiger partial charge on any atom is -0.338 e. The van der Waals surface area contributed by atoms with Crippen molar-refractivity contribution in [2.45, 2.75) is 32.2 Å². The van der Waals surface area contributed by atoms with Crippen LogP contribution in [-0.4, -0.2) is 31.7 Å². The van der Waals surface area contributed by atoms with Crippen LogP contribution < -0.4 is 16.0 Å². The van der Waals surface area contributed by atoms with Gasteiger partial charge in [0.1, 0.15) is 0 Å². The molecule has 1 saturated heterocycles. The number of carbonyl (C=O) groups is 1. The van der Waals surface area contributed by atoms with Crippen LogP contribution in [0.4, 0.5) is 4.79 Å². The van der Waals surface area contributed by atoms with Gasteiger partial charge in [-0.1, -0.05) is 0 Å². The normalized spacial score (nSPS) is 21.5. The molecule has 0 radical (unpaired) electrons. The summed E-state index contributed by atoms with van der Waals surface area (Å²) >= 11 is 0. The molecular weight excluding hydrogens is 166 g/mol. The Morgan fingerprint density at radius 3 is 3.00 bits per heavy atom. The first-order valence-electron chi connectivity index (χ1n) is 5.08. The van der Waals surface area contributed by atoms with Gasteiger partial charge in [0, 0.05) is 19.1 Å². The number of amides is 2. The average Bonchev–Trinajstić information content (AvgIpc) is 2.57. The quantitative estimate of drug-likeness (QED) is 0.595. The molecule has 3 N–H and O–H groups in total. The van der Waals surface area contributed by atoms with E-state index in [9.17, 15) is 4.79 Å². The SMILES string of the molecule is CCNC(=O)NCC[C@H]1CCCN1. The lowest BCUT2D eigenvalue weighted by molar-refractivity contribution is 0.241. The van der Waals surface area contributed by atoms with Crippen molar-refractivity contribution >= 4 is 6.03 Å². The fourth-order valence-electron chi connectivity index (χ4n) is 1.59. The molecule has 1 rings (SSSR count). The maximum atomic E-state index is 11.0. The lowest BCUT2D eigenvalue weighted by atomic mass is 10.1. The zero-order chi connectivity index (χ0) is 9.52. The number of rotatable bonds is 4. The summed E-state index contributed by atoms with van der Waals surface area (Å²) in [5, 5.41) is 8.91. The van der Waals surface area contributed by atoms with Crippen molar-refractivity contribution in [3.63, 3.8) is 0 Å². The molecule has 76 valence electrons. The van der Waals surface area contributed by atoms with Gasteiger partial charge in [-0.3, -0.25) is 0 Å². The predicted octanol–water partition coefficient (Wildman–Crippen LogP) is 0.448. The lowest BCUT2D eigenvalue weighted by Gasteiger charge is -2.10. The van der Waals surface area contributed by atoms with Crippen LogP contribution in [0.2, 0.25) is 0 Å². The van der Waals surface area contributed by atoms with Crippen LogP contribution in [0.1, 0.15) is 26.2 Å². The zero-order valence-corrected chi connectivity index (χ0v) is 8.23. The Morgan fingerprint density at radius 1 is 1.54 bits per heavy atom. The molecule has 4 nitrogen and oxygen atoms in total. The van der Waals surface area contributed by atoms with Crippen molar-refractivity contribution in [2.24, 2.45) is 0 Å².